The maximum atomic E-state index is 12.9. The quantitative estimate of drug-likeness (QED) is 0.823. The number of morpholine rings is 1. The molecule has 3 rings (SSSR count). The Bertz CT molecular complexity index is 823. The molecule has 2 heterocycles. The normalized spacial score (nSPS) is 20.6. The van der Waals surface area contributed by atoms with E-state index >= 15 is 0 Å². The molecule has 0 radical (unpaired) electrons. The van der Waals surface area contributed by atoms with Crippen LogP contribution in [0.4, 0.5) is 5.69 Å². The average Bonchev–Trinajstić information content (AvgIpc) is 2.59. The molecule has 0 aliphatic carbocycles. The molecule has 0 saturated carbocycles. The van der Waals surface area contributed by atoms with E-state index in [1.165, 1.54) is 15.5 Å². The predicted molar refractivity (Wildman–Crippen MR) is 94.8 cm³/mol. The van der Waals surface area contributed by atoms with Crippen LogP contribution in [0.15, 0.2) is 18.2 Å². The van der Waals surface area contributed by atoms with Crippen molar-refractivity contribution in [2.45, 2.75) is 25.3 Å². The topological polar surface area (TPSA) is 104 Å². The summed E-state index contributed by atoms with van der Waals surface area (Å²) in [5.41, 5.74) is 1.87. The number of nitrogens with zero attached hydrogens (tertiary/aromatic N) is 2. The minimum Gasteiger partial charge on any atom is -0.481 e. The highest BCUT2D eigenvalue weighted by molar-refractivity contribution is 7.92. The number of carboxylic acids is 1. The van der Waals surface area contributed by atoms with Crippen LogP contribution in [0, 0.1) is 0 Å². The van der Waals surface area contributed by atoms with Crippen LogP contribution >= 0.6 is 0 Å². The third-order valence-corrected chi connectivity index (χ3v) is 5.88. The van der Waals surface area contributed by atoms with Gasteiger partial charge in [-0.25, -0.2) is 8.42 Å². The number of aryl methyl sites for hydroxylation is 1. The highest BCUT2D eigenvalue weighted by Gasteiger charge is 2.31. The fourth-order valence-electron chi connectivity index (χ4n) is 3.50. The molecule has 9 heteroatoms. The predicted octanol–water partition coefficient (Wildman–Crippen LogP) is 0.715. The van der Waals surface area contributed by atoms with Crippen LogP contribution in [0.25, 0.3) is 0 Å². The summed E-state index contributed by atoms with van der Waals surface area (Å²) in [4.78, 5) is 25.5. The summed E-state index contributed by atoms with van der Waals surface area (Å²) < 4.78 is 30.6. The Morgan fingerprint density at radius 1 is 1.31 bits per heavy atom. The second-order valence-electron chi connectivity index (χ2n) is 6.61. The van der Waals surface area contributed by atoms with Crippen LogP contribution in [0.3, 0.4) is 0 Å². The van der Waals surface area contributed by atoms with Gasteiger partial charge in [-0.15, -0.1) is 0 Å². The van der Waals surface area contributed by atoms with E-state index < -0.39 is 22.0 Å². The molecule has 0 aromatic heterocycles. The van der Waals surface area contributed by atoms with Gasteiger partial charge >= 0.3 is 5.97 Å². The average molecular weight is 382 g/mol. The number of aliphatic carboxylic acids is 1. The number of fused-ring (bicyclic) bond motifs is 1. The van der Waals surface area contributed by atoms with Crippen LogP contribution in [0.1, 0.15) is 28.8 Å². The molecule has 2 aliphatic rings. The summed E-state index contributed by atoms with van der Waals surface area (Å²) in [6.07, 6.45) is 2.39. The van der Waals surface area contributed by atoms with Gasteiger partial charge in [0, 0.05) is 18.7 Å². The van der Waals surface area contributed by atoms with Crippen molar-refractivity contribution in [3.8, 4) is 0 Å². The van der Waals surface area contributed by atoms with Crippen LogP contribution in [-0.4, -0.2) is 68.9 Å². The molecule has 1 amide bonds. The van der Waals surface area contributed by atoms with Gasteiger partial charge in [0.1, 0.15) is 0 Å². The molecule has 8 nitrogen and oxygen atoms in total. The highest BCUT2D eigenvalue weighted by atomic mass is 32.2. The lowest BCUT2D eigenvalue weighted by molar-refractivity contribution is -0.139. The molecular weight excluding hydrogens is 360 g/mol. The number of carbonyl (C=O) groups excluding carboxylic acids is 1. The van der Waals surface area contributed by atoms with Gasteiger partial charge in [0.15, 0.2) is 0 Å². The highest BCUT2D eigenvalue weighted by Crippen LogP contribution is 2.30. The number of amides is 1. The SMILES string of the molecule is CS(=O)(=O)N1CCCc2cc(C(=O)N3CCOCC3CC(=O)O)ccc21. The molecular formula is C17H22N2O6S. The minimum absolute atomic E-state index is 0.168. The molecule has 26 heavy (non-hydrogen) atoms. The van der Waals surface area contributed by atoms with Gasteiger partial charge in [0.2, 0.25) is 10.0 Å². The maximum Gasteiger partial charge on any atom is 0.305 e. The van der Waals surface area contributed by atoms with Gasteiger partial charge in [-0.3, -0.25) is 13.9 Å². The Hall–Kier alpha value is -2.13. The zero-order valence-corrected chi connectivity index (χ0v) is 15.4. The molecule has 1 atom stereocenters. The Kier molecular flexibility index (Phi) is 5.19. The van der Waals surface area contributed by atoms with Crippen LogP contribution in [0.5, 0.6) is 0 Å². The molecule has 1 fully saturated rings. The van der Waals surface area contributed by atoms with Gasteiger partial charge in [-0.2, -0.15) is 0 Å². The van der Waals surface area contributed by atoms with Gasteiger partial charge in [-0.1, -0.05) is 0 Å². The molecule has 1 saturated heterocycles. The summed E-state index contributed by atoms with van der Waals surface area (Å²) in [7, 11) is -3.36. The standard InChI is InChI=1S/C17H22N2O6S/c1-26(23,24)19-6-2-3-12-9-13(4-5-15(12)19)17(22)18-7-8-25-11-14(18)10-16(20)21/h4-5,9,14H,2-3,6-8,10-11H2,1H3,(H,20,21). The van der Waals surface area contributed by atoms with E-state index in [2.05, 4.69) is 0 Å². The number of anilines is 1. The van der Waals surface area contributed by atoms with Crippen molar-refractivity contribution in [1.82, 2.24) is 4.90 Å². The lowest BCUT2D eigenvalue weighted by Crippen LogP contribution is -2.49. The van der Waals surface area contributed by atoms with E-state index in [4.69, 9.17) is 9.84 Å². The fraction of sp³-hybridized carbons (Fsp3) is 0.529. The zero-order chi connectivity index (χ0) is 18.9. The Labute approximate surface area is 152 Å². The van der Waals surface area contributed by atoms with Crippen molar-refractivity contribution in [3.05, 3.63) is 29.3 Å². The molecule has 1 aromatic rings. The molecule has 1 aromatic carbocycles. The largest absolute Gasteiger partial charge is 0.481 e. The van der Waals surface area contributed by atoms with Gasteiger partial charge in [-0.05, 0) is 36.6 Å². The third-order valence-electron chi connectivity index (χ3n) is 4.70. The number of hydrogen-bond donors (Lipinski definition) is 1. The summed E-state index contributed by atoms with van der Waals surface area (Å²) in [6, 6.07) is 4.49. The summed E-state index contributed by atoms with van der Waals surface area (Å²) in [5.74, 6) is -1.23. The molecule has 2 aliphatic heterocycles. The molecule has 142 valence electrons. The van der Waals surface area contributed by atoms with Gasteiger partial charge < -0.3 is 14.7 Å². The first-order chi connectivity index (χ1) is 12.3. The van der Waals surface area contributed by atoms with Crippen LogP contribution in [-0.2, 0) is 26.0 Å². The molecule has 1 N–H and O–H groups in total. The first-order valence-electron chi connectivity index (χ1n) is 8.48. The Balaban J connectivity index is 1.87. The van der Waals surface area contributed by atoms with E-state index in [-0.39, 0.29) is 18.9 Å². The number of carbonyl (C=O) groups is 2. The number of ether oxygens (including phenoxy) is 1. The van der Waals surface area contributed by atoms with Crippen LogP contribution in [0.2, 0.25) is 0 Å². The molecule has 0 spiro atoms. The van der Waals surface area contributed by atoms with Crippen molar-refractivity contribution in [2.75, 3.05) is 36.9 Å². The zero-order valence-electron chi connectivity index (χ0n) is 14.6. The monoisotopic (exact) mass is 382 g/mol. The van der Waals surface area contributed by atoms with Crippen molar-refractivity contribution in [1.29, 1.82) is 0 Å². The minimum atomic E-state index is -3.36. The first-order valence-corrected chi connectivity index (χ1v) is 10.3. The van der Waals surface area contributed by atoms with Gasteiger partial charge in [0.25, 0.3) is 5.91 Å². The Morgan fingerprint density at radius 3 is 2.77 bits per heavy atom. The molecule has 1 unspecified atom stereocenters. The number of carboxylic acid groups (broad SMARTS) is 1. The molecule has 0 bridgehead atoms. The van der Waals surface area contributed by atoms with E-state index in [9.17, 15) is 18.0 Å². The van der Waals surface area contributed by atoms with E-state index in [0.717, 1.165) is 5.56 Å². The van der Waals surface area contributed by atoms with E-state index in [1.54, 1.807) is 18.2 Å². The first kappa shape index (κ1) is 18.7. The number of sulfonamides is 1. The van der Waals surface area contributed by atoms with E-state index in [0.29, 0.717) is 43.8 Å². The van der Waals surface area contributed by atoms with E-state index in [1.807, 2.05) is 0 Å². The lowest BCUT2D eigenvalue weighted by atomic mass is 9.99. The second kappa shape index (κ2) is 7.24. The fourth-order valence-corrected chi connectivity index (χ4v) is 4.49. The third kappa shape index (κ3) is 3.83. The summed E-state index contributed by atoms with van der Waals surface area (Å²) in [5, 5.41) is 9.04. The van der Waals surface area contributed by atoms with Gasteiger partial charge in [0.05, 0.1) is 37.6 Å². The number of rotatable bonds is 4. The van der Waals surface area contributed by atoms with Crippen molar-refractivity contribution >= 4 is 27.6 Å². The smallest absolute Gasteiger partial charge is 0.305 e. The van der Waals surface area contributed by atoms with Crippen molar-refractivity contribution in [3.63, 3.8) is 0 Å². The second-order valence-corrected chi connectivity index (χ2v) is 8.51. The number of benzene rings is 1. The summed E-state index contributed by atoms with van der Waals surface area (Å²) in [6.45, 7) is 1.34. The van der Waals surface area contributed by atoms with Crippen LogP contribution < -0.4 is 4.31 Å². The van der Waals surface area contributed by atoms with Crippen molar-refractivity contribution < 1.29 is 27.9 Å². The maximum absolute atomic E-state index is 12.9. The summed E-state index contributed by atoms with van der Waals surface area (Å²) >= 11 is 0. The lowest BCUT2D eigenvalue weighted by Gasteiger charge is -2.35. The number of hydrogen-bond acceptors (Lipinski definition) is 5. The Morgan fingerprint density at radius 2 is 2.08 bits per heavy atom. The van der Waals surface area contributed by atoms with Crippen molar-refractivity contribution in [2.24, 2.45) is 0 Å².